The molecule has 362 valence electrons. The second kappa shape index (κ2) is 31.3. The number of hydrogen-bond acceptors (Lipinski definition) is 7. The van der Waals surface area contributed by atoms with Gasteiger partial charge in [0.15, 0.2) is 11.6 Å². The summed E-state index contributed by atoms with van der Waals surface area (Å²) in [6, 6.07) is 74.8. The van der Waals surface area contributed by atoms with E-state index in [4.69, 9.17) is 20.7 Å². The molecule has 0 spiro atoms. The highest BCUT2D eigenvalue weighted by Gasteiger charge is 2.16. The number of carbonyl (C=O) groups excluding carboxylic acids is 2. The number of nitrogens with two attached hydrogens (primary N) is 1. The average molecular weight is 1010 g/mol. The lowest BCUT2D eigenvalue weighted by Crippen LogP contribution is -2.17. The summed E-state index contributed by atoms with van der Waals surface area (Å²) in [6.45, 7) is 9.13. The lowest BCUT2D eigenvalue weighted by atomic mass is 10.2. The summed E-state index contributed by atoms with van der Waals surface area (Å²) in [5.41, 5.74) is 10.2. The van der Waals surface area contributed by atoms with Gasteiger partial charge in [-0.1, -0.05) is 207 Å². The van der Waals surface area contributed by atoms with Gasteiger partial charge in [-0.3, -0.25) is 19.6 Å². The Balaban J connectivity index is 0.000000244. The van der Waals surface area contributed by atoms with Gasteiger partial charge in [0.2, 0.25) is 0 Å². The van der Waals surface area contributed by atoms with Crippen molar-refractivity contribution in [3.63, 3.8) is 0 Å². The lowest BCUT2D eigenvalue weighted by molar-refractivity contribution is 0.100. The maximum Gasteiger partial charge on any atom is 0.178 e. The molecule has 0 saturated carbocycles. The van der Waals surface area contributed by atoms with E-state index in [1.165, 1.54) is 58.3 Å². The van der Waals surface area contributed by atoms with Crippen LogP contribution in [0, 0.1) is 0 Å². The van der Waals surface area contributed by atoms with E-state index in [0.29, 0.717) is 17.7 Å². The van der Waals surface area contributed by atoms with Crippen LogP contribution in [0.5, 0.6) is 0 Å². The molecular formula is C60H65N5O2P4. The van der Waals surface area contributed by atoms with Gasteiger partial charge in [0.05, 0.1) is 35.4 Å². The Hall–Kier alpha value is -6.02. The summed E-state index contributed by atoms with van der Waals surface area (Å²) in [5.74, 6) is -0.254. The quantitative estimate of drug-likeness (QED) is 0.0589. The Bertz CT molecular complexity index is 2590. The molecule has 71 heavy (non-hydrogen) atoms. The number of carbonyl (C=O) groups is 2. The van der Waals surface area contributed by atoms with Crippen LogP contribution >= 0.6 is 33.0 Å². The summed E-state index contributed by atoms with van der Waals surface area (Å²) in [5, 5.41) is 8.02. The van der Waals surface area contributed by atoms with E-state index in [0.717, 1.165) is 35.4 Å². The molecule has 1 unspecified atom stereocenters. The summed E-state index contributed by atoms with van der Waals surface area (Å²) in [6.07, 6.45) is 4.69. The first-order chi connectivity index (χ1) is 34.6. The van der Waals surface area contributed by atoms with E-state index < -0.39 is 15.8 Å². The van der Waals surface area contributed by atoms with E-state index >= 15 is 0 Å². The van der Waals surface area contributed by atoms with Crippen molar-refractivity contribution in [2.45, 2.75) is 41.0 Å². The Labute approximate surface area is 428 Å². The average Bonchev–Trinajstić information content (AvgIpc) is 3.43. The van der Waals surface area contributed by atoms with Crippen LogP contribution < -0.4 is 37.6 Å². The minimum absolute atomic E-state index is 0.127. The van der Waals surface area contributed by atoms with Crippen LogP contribution in [0.4, 0.5) is 0 Å². The zero-order valence-electron chi connectivity index (χ0n) is 41.4. The van der Waals surface area contributed by atoms with Gasteiger partial charge in [0.1, 0.15) is 11.4 Å². The number of ketones is 2. The number of pyridine rings is 2. The van der Waals surface area contributed by atoms with Crippen molar-refractivity contribution in [1.82, 2.24) is 9.97 Å². The molecule has 0 radical (unpaired) electrons. The first kappa shape index (κ1) is 55.9. The maximum atomic E-state index is 10.8. The molecule has 0 amide bonds. The minimum atomic E-state index is -0.588. The molecule has 0 aliphatic rings. The summed E-state index contributed by atoms with van der Waals surface area (Å²) in [7, 11) is 1.11. The van der Waals surface area contributed by atoms with Gasteiger partial charge in [-0.15, -0.1) is 9.24 Å². The fourth-order valence-corrected chi connectivity index (χ4v) is 12.7. The number of Topliss-reactive ketones (excluding diaryl/α,β-unsaturated/α-hetero) is 2. The number of hydrogen-bond donors (Lipinski definition) is 1. The lowest BCUT2D eigenvalue weighted by Gasteiger charge is -2.17. The molecule has 2 aromatic heterocycles. The monoisotopic (exact) mass is 1010 g/mol. The molecule has 0 aliphatic heterocycles. The third kappa shape index (κ3) is 18.6. The molecule has 0 bridgehead atoms. The fraction of sp³-hybridized carbons (Fsp3) is 0.167. The minimum Gasteiger partial charge on any atom is -0.326 e. The molecular weight excluding hydrogens is 947 g/mol. The van der Waals surface area contributed by atoms with Crippen LogP contribution in [0.3, 0.4) is 0 Å². The van der Waals surface area contributed by atoms with Crippen molar-refractivity contribution in [1.29, 1.82) is 0 Å². The third-order valence-corrected chi connectivity index (χ3v) is 18.1. The van der Waals surface area contributed by atoms with Crippen LogP contribution in [0.15, 0.2) is 228 Å². The van der Waals surface area contributed by atoms with Crippen molar-refractivity contribution in [3.8, 4) is 0 Å². The standard InChI is InChI=1S/C35H33N3P2.C13H14NP.C9H9NO2.C3H9P/c1-28(36-26-39(30-16-7-3-8-17-30)31-18-9-4-10-19-31)34-24-15-25-35(38-34)29(2)37-27-40(32-20-11-5-12-21-32)33-22-13-6-14-23-33;14-11-15(12-7-3-1-4-8-12)13-9-5-2-6-10-13;1-6(11)8-4-3-5-9(10-8)7(2)12;1-2-3-4/h3-25H,26-27H2,1-2H3;1-10H,11,14H2;3-5H,1-2H3;2-4H2,1H3. The van der Waals surface area contributed by atoms with Crippen LogP contribution in [0.1, 0.15) is 73.4 Å². The molecule has 2 N–H and O–H groups in total. The van der Waals surface area contributed by atoms with Gasteiger partial charge >= 0.3 is 0 Å². The van der Waals surface area contributed by atoms with Crippen LogP contribution in [0.25, 0.3) is 0 Å². The summed E-state index contributed by atoms with van der Waals surface area (Å²) >= 11 is 0. The molecule has 0 fully saturated rings. The van der Waals surface area contributed by atoms with Gasteiger partial charge in [-0.05, 0) is 99.9 Å². The summed E-state index contributed by atoms with van der Waals surface area (Å²) in [4.78, 5) is 40.6. The van der Waals surface area contributed by atoms with Crippen molar-refractivity contribution < 1.29 is 9.59 Å². The van der Waals surface area contributed by atoms with Gasteiger partial charge in [-0.2, -0.15) is 0 Å². The predicted octanol–water partition coefficient (Wildman–Crippen LogP) is 11.7. The Morgan fingerprint density at radius 2 is 0.648 bits per heavy atom. The van der Waals surface area contributed by atoms with E-state index in [1.807, 2.05) is 24.3 Å². The Morgan fingerprint density at radius 1 is 0.408 bits per heavy atom. The number of aliphatic imine (C=N–C) groups is 2. The van der Waals surface area contributed by atoms with Crippen LogP contribution in [-0.2, 0) is 0 Å². The zero-order valence-corrected chi connectivity index (χ0v) is 45.3. The van der Waals surface area contributed by atoms with E-state index in [1.54, 1.807) is 18.2 Å². The molecule has 1 atom stereocenters. The van der Waals surface area contributed by atoms with E-state index in [-0.39, 0.29) is 19.5 Å². The molecule has 7 nitrogen and oxygen atoms in total. The van der Waals surface area contributed by atoms with Gasteiger partial charge < -0.3 is 5.73 Å². The SMILES string of the molecule is CC(=NCP(c1ccccc1)c1ccccc1)c1cccc(C(C)=NCP(c2ccccc2)c2ccccc2)n1.CC(=O)c1cccc(C(C)=O)n1.CCCP.NCP(c1ccccc1)c1ccccc1. The van der Waals surface area contributed by atoms with Gasteiger partial charge in [0.25, 0.3) is 0 Å². The largest absolute Gasteiger partial charge is 0.326 e. The van der Waals surface area contributed by atoms with Crippen LogP contribution in [0.2, 0.25) is 0 Å². The number of rotatable bonds is 16. The highest BCUT2D eigenvalue weighted by molar-refractivity contribution is 7.73. The highest BCUT2D eigenvalue weighted by atomic mass is 31.1. The molecule has 11 heteroatoms. The smallest absolute Gasteiger partial charge is 0.178 e. The molecule has 6 aromatic carbocycles. The number of benzene rings is 6. The van der Waals surface area contributed by atoms with E-state index in [2.05, 4.69) is 211 Å². The van der Waals surface area contributed by atoms with Crippen molar-refractivity contribution in [2.75, 3.05) is 25.0 Å². The Kier molecular flexibility index (Phi) is 24.7. The summed E-state index contributed by atoms with van der Waals surface area (Å²) < 4.78 is 0. The molecule has 8 aromatic rings. The number of nitrogens with zero attached hydrogens (tertiary/aromatic N) is 4. The second-order valence-electron chi connectivity index (χ2n) is 16.0. The van der Waals surface area contributed by atoms with Gasteiger partial charge in [-0.25, -0.2) is 9.97 Å². The van der Waals surface area contributed by atoms with Gasteiger partial charge in [0, 0.05) is 20.1 Å². The van der Waals surface area contributed by atoms with E-state index in [9.17, 15) is 9.59 Å². The molecule has 0 saturated heterocycles. The highest BCUT2D eigenvalue weighted by Crippen LogP contribution is 2.35. The third-order valence-electron chi connectivity index (χ3n) is 10.7. The first-order valence-electron chi connectivity index (χ1n) is 23.6. The Morgan fingerprint density at radius 3 is 0.887 bits per heavy atom. The predicted molar refractivity (Wildman–Crippen MR) is 314 cm³/mol. The number of aromatic nitrogens is 2. The normalized spacial score (nSPS) is 11.1. The topological polar surface area (TPSA) is 111 Å². The zero-order chi connectivity index (χ0) is 50.6. The fourth-order valence-electron chi connectivity index (χ4n) is 6.81. The molecule has 2 heterocycles. The second-order valence-corrected chi connectivity index (χ2v) is 23.1. The maximum absolute atomic E-state index is 10.8. The van der Waals surface area contributed by atoms with Crippen molar-refractivity contribution in [2.24, 2.45) is 15.7 Å². The molecule has 0 aliphatic carbocycles. The van der Waals surface area contributed by atoms with Crippen molar-refractivity contribution in [3.05, 3.63) is 241 Å². The van der Waals surface area contributed by atoms with Crippen LogP contribution in [-0.4, -0.2) is 58.0 Å². The van der Waals surface area contributed by atoms with Crippen molar-refractivity contribution >= 4 is 87.8 Å². The molecule has 8 rings (SSSR count). The first-order valence-corrected chi connectivity index (χ1v) is 29.0.